The highest BCUT2D eigenvalue weighted by atomic mass is 32.2. The number of nitrogens with zero attached hydrogens (tertiary/aromatic N) is 4. The van der Waals surface area contributed by atoms with Gasteiger partial charge in [0.15, 0.2) is 5.76 Å². The lowest BCUT2D eigenvalue weighted by atomic mass is 10.2. The molecule has 3 aromatic rings. The monoisotopic (exact) mass is 316 g/mol. The number of aryl methyl sites for hydroxylation is 1. The molecule has 0 atom stereocenters. The van der Waals surface area contributed by atoms with Crippen LogP contribution >= 0.6 is 11.8 Å². The van der Waals surface area contributed by atoms with Crippen molar-refractivity contribution in [1.29, 1.82) is 0 Å². The van der Waals surface area contributed by atoms with Crippen LogP contribution in [-0.2, 0) is 13.6 Å². The van der Waals surface area contributed by atoms with Crippen molar-refractivity contribution in [1.82, 2.24) is 20.2 Å². The van der Waals surface area contributed by atoms with Crippen molar-refractivity contribution >= 4 is 11.8 Å². The summed E-state index contributed by atoms with van der Waals surface area (Å²) in [5.74, 6) is 2.87. The maximum Gasteiger partial charge on any atom is 0.209 e. The van der Waals surface area contributed by atoms with Crippen LogP contribution in [0.1, 0.15) is 5.76 Å². The minimum Gasteiger partial charge on any atom is -0.455 e. The van der Waals surface area contributed by atoms with Gasteiger partial charge >= 0.3 is 0 Å². The van der Waals surface area contributed by atoms with Gasteiger partial charge in [-0.1, -0.05) is 42.1 Å². The summed E-state index contributed by atoms with van der Waals surface area (Å²) in [6.07, 6.45) is 0. The van der Waals surface area contributed by atoms with E-state index in [1.165, 1.54) is 0 Å². The van der Waals surface area contributed by atoms with E-state index in [0.717, 1.165) is 41.1 Å². The van der Waals surface area contributed by atoms with Crippen LogP contribution in [0.25, 0.3) is 11.3 Å². The first-order valence-corrected chi connectivity index (χ1v) is 8.12. The number of thioether (sulfide) groups is 1. The zero-order valence-corrected chi connectivity index (χ0v) is 13.2. The van der Waals surface area contributed by atoms with E-state index >= 15 is 0 Å². The first-order valence-electron chi connectivity index (χ1n) is 7.14. The van der Waals surface area contributed by atoms with Crippen molar-refractivity contribution in [2.75, 3.05) is 12.3 Å². The zero-order chi connectivity index (χ0) is 15.2. The van der Waals surface area contributed by atoms with Crippen LogP contribution in [-0.4, -0.2) is 32.5 Å². The average Bonchev–Trinajstić information content (AvgIpc) is 3.17. The van der Waals surface area contributed by atoms with Crippen LogP contribution in [0.15, 0.2) is 52.0 Å². The molecule has 0 aliphatic heterocycles. The number of rotatable bonds is 7. The molecule has 0 saturated heterocycles. The lowest BCUT2D eigenvalue weighted by molar-refractivity contribution is -0.668. The molecule has 114 valence electrons. The standard InChI is InChI=1S/C15H17N5OS/c1-20-15(17-18-19-20)22-10-9-16-11-13-7-8-14(21-13)12-5-3-2-4-6-12/h2-8,16H,9-11H2,1H3/p+1. The fourth-order valence-electron chi connectivity index (χ4n) is 2.07. The fraction of sp³-hybridized carbons (Fsp3) is 0.267. The third-order valence-electron chi connectivity index (χ3n) is 3.20. The summed E-state index contributed by atoms with van der Waals surface area (Å²) >= 11 is 1.66. The van der Waals surface area contributed by atoms with Crippen molar-refractivity contribution in [3.8, 4) is 11.3 Å². The molecule has 2 heterocycles. The number of tetrazole rings is 1. The molecule has 2 N–H and O–H groups in total. The molecule has 1 aromatic carbocycles. The lowest BCUT2D eigenvalue weighted by Crippen LogP contribution is -2.83. The summed E-state index contributed by atoms with van der Waals surface area (Å²) in [5, 5.41) is 14.4. The highest BCUT2D eigenvalue weighted by Crippen LogP contribution is 2.21. The third-order valence-corrected chi connectivity index (χ3v) is 4.24. The first kappa shape index (κ1) is 14.8. The van der Waals surface area contributed by atoms with E-state index in [2.05, 4.69) is 33.0 Å². The Morgan fingerprint density at radius 3 is 2.82 bits per heavy atom. The Kier molecular flexibility index (Phi) is 4.87. The van der Waals surface area contributed by atoms with Crippen molar-refractivity contribution in [3.63, 3.8) is 0 Å². The highest BCUT2D eigenvalue weighted by Gasteiger charge is 2.06. The Bertz CT molecular complexity index is 710. The normalized spacial score (nSPS) is 11.0. The summed E-state index contributed by atoms with van der Waals surface area (Å²) in [5.41, 5.74) is 1.11. The third kappa shape index (κ3) is 3.75. The number of quaternary nitrogens is 1. The number of hydrogen-bond acceptors (Lipinski definition) is 5. The van der Waals surface area contributed by atoms with Crippen LogP contribution in [0.2, 0.25) is 0 Å². The average molecular weight is 316 g/mol. The summed E-state index contributed by atoms with van der Waals surface area (Å²) < 4.78 is 7.55. The number of nitrogens with two attached hydrogens (primary N) is 1. The topological polar surface area (TPSA) is 73.3 Å². The van der Waals surface area contributed by atoms with Crippen LogP contribution in [0.3, 0.4) is 0 Å². The van der Waals surface area contributed by atoms with Gasteiger partial charge in [-0.2, -0.15) is 0 Å². The van der Waals surface area contributed by atoms with E-state index in [1.54, 1.807) is 16.4 Å². The summed E-state index contributed by atoms with van der Waals surface area (Å²) in [6.45, 7) is 1.82. The number of benzene rings is 1. The van der Waals surface area contributed by atoms with Gasteiger partial charge in [0.25, 0.3) is 0 Å². The Hall–Kier alpha value is -2.12. The van der Waals surface area contributed by atoms with E-state index in [-0.39, 0.29) is 0 Å². The Morgan fingerprint density at radius 2 is 2.05 bits per heavy atom. The summed E-state index contributed by atoms with van der Waals surface area (Å²) in [7, 11) is 1.85. The van der Waals surface area contributed by atoms with Crippen molar-refractivity contribution in [3.05, 3.63) is 48.2 Å². The van der Waals surface area contributed by atoms with Crippen LogP contribution in [0.5, 0.6) is 0 Å². The molecule has 0 amide bonds. The maximum absolute atomic E-state index is 5.87. The molecule has 0 spiro atoms. The van der Waals surface area contributed by atoms with Gasteiger partial charge in [-0.3, -0.25) is 0 Å². The number of furan rings is 1. The van der Waals surface area contributed by atoms with Gasteiger partial charge < -0.3 is 9.73 Å². The van der Waals surface area contributed by atoms with Gasteiger partial charge in [-0.15, -0.1) is 5.10 Å². The molecule has 22 heavy (non-hydrogen) atoms. The van der Waals surface area contributed by atoms with Gasteiger partial charge in [-0.05, 0) is 22.6 Å². The van der Waals surface area contributed by atoms with Gasteiger partial charge in [0.05, 0.1) is 12.3 Å². The van der Waals surface area contributed by atoms with Gasteiger partial charge in [0.2, 0.25) is 5.16 Å². The van der Waals surface area contributed by atoms with E-state index in [4.69, 9.17) is 4.42 Å². The minimum absolute atomic E-state index is 0.838. The van der Waals surface area contributed by atoms with Crippen molar-refractivity contribution < 1.29 is 9.73 Å². The zero-order valence-electron chi connectivity index (χ0n) is 12.3. The second kappa shape index (κ2) is 7.24. The number of hydrogen-bond donors (Lipinski definition) is 1. The van der Waals surface area contributed by atoms with E-state index in [0.29, 0.717) is 0 Å². The Labute approximate surface area is 132 Å². The SMILES string of the molecule is Cn1nnnc1SCC[NH2+]Cc1ccc(-c2ccccc2)o1. The molecule has 0 aliphatic carbocycles. The molecular formula is C15H18N5OS+. The van der Waals surface area contributed by atoms with Gasteiger partial charge in [-0.25, -0.2) is 4.68 Å². The van der Waals surface area contributed by atoms with Crippen LogP contribution < -0.4 is 5.32 Å². The maximum atomic E-state index is 5.87. The van der Waals surface area contributed by atoms with Gasteiger partial charge in [0.1, 0.15) is 12.3 Å². The van der Waals surface area contributed by atoms with Crippen LogP contribution in [0.4, 0.5) is 0 Å². The molecule has 6 nitrogen and oxygen atoms in total. The molecule has 0 bridgehead atoms. The Morgan fingerprint density at radius 1 is 1.18 bits per heavy atom. The molecule has 0 fully saturated rings. The van der Waals surface area contributed by atoms with E-state index < -0.39 is 0 Å². The van der Waals surface area contributed by atoms with Crippen molar-refractivity contribution in [2.45, 2.75) is 11.7 Å². The molecule has 0 saturated carbocycles. The predicted molar refractivity (Wildman–Crippen MR) is 84.2 cm³/mol. The van der Waals surface area contributed by atoms with Crippen molar-refractivity contribution in [2.24, 2.45) is 7.05 Å². The quantitative estimate of drug-likeness (QED) is 0.526. The highest BCUT2D eigenvalue weighted by molar-refractivity contribution is 7.99. The largest absolute Gasteiger partial charge is 0.455 e. The molecule has 0 radical (unpaired) electrons. The molecule has 3 rings (SSSR count). The number of aromatic nitrogens is 4. The summed E-state index contributed by atoms with van der Waals surface area (Å²) in [6, 6.07) is 14.2. The lowest BCUT2D eigenvalue weighted by Gasteiger charge is -2.00. The molecule has 2 aromatic heterocycles. The van der Waals surface area contributed by atoms with E-state index in [9.17, 15) is 0 Å². The second-order valence-electron chi connectivity index (χ2n) is 4.85. The smallest absolute Gasteiger partial charge is 0.209 e. The Balaban J connectivity index is 1.43. The summed E-state index contributed by atoms with van der Waals surface area (Å²) in [4.78, 5) is 0. The molecular weight excluding hydrogens is 298 g/mol. The molecule has 7 heteroatoms. The fourth-order valence-corrected chi connectivity index (χ4v) is 2.85. The van der Waals surface area contributed by atoms with Crippen LogP contribution in [0, 0.1) is 0 Å². The van der Waals surface area contributed by atoms with E-state index in [1.807, 2.05) is 37.4 Å². The first-order chi connectivity index (χ1) is 10.8. The van der Waals surface area contributed by atoms with Gasteiger partial charge in [0, 0.05) is 12.6 Å². The second-order valence-corrected chi connectivity index (χ2v) is 5.91. The molecule has 0 aliphatic rings. The predicted octanol–water partition coefficient (Wildman–Crippen LogP) is 1.33. The minimum atomic E-state index is 0.838. The molecule has 0 unspecified atom stereocenters.